The van der Waals surface area contributed by atoms with Crippen molar-refractivity contribution in [1.82, 2.24) is 5.54 Å². The van der Waals surface area contributed by atoms with Crippen molar-refractivity contribution in [2.75, 3.05) is 0 Å². The van der Waals surface area contributed by atoms with E-state index in [2.05, 4.69) is 0 Å². The highest BCUT2D eigenvalue weighted by molar-refractivity contribution is 5.70. The number of nitrogens with one attached hydrogen (secondary N) is 1. The highest BCUT2D eigenvalue weighted by atomic mass is 19.2. The van der Waals surface area contributed by atoms with Gasteiger partial charge >= 0.3 is 0 Å². The standard InChI is InChI=1S/C13H12FNO/c14-15-9-10-4-3-5-11(8-10)12-6-1-2-7-13(12)16/h1-8,15-16H,9H2. The maximum absolute atomic E-state index is 12.0. The Bertz CT molecular complexity index is 485. The second-order valence-electron chi connectivity index (χ2n) is 3.53. The minimum atomic E-state index is 0.168. The van der Waals surface area contributed by atoms with Gasteiger partial charge in [0.25, 0.3) is 0 Å². The van der Waals surface area contributed by atoms with E-state index in [-0.39, 0.29) is 12.3 Å². The molecule has 0 unspecified atom stereocenters. The number of benzene rings is 2. The molecule has 82 valence electrons. The van der Waals surface area contributed by atoms with Crippen LogP contribution in [-0.2, 0) is 6.54 Å². The summed E-state index contributed by atoms with van der Waals surface area (Å²) in [6, 6.07) is 14.5. The molecule has 2 rings (SSSR count). The first-order valence-corrected chi connectivity index (χ1v) is 5.02. The Hall–Kier alpha value is -1.87. The van der Waals surface area contributed by atoms with Gasteiger partial charge in [-0.15, -0.1) is 4.48 Å². The average molecular weight is 217 g/mol. The van der Waals surface area contributed by atoms with Gasteiger partial charge in [-0.2, -0.15) is 5.54 Å². The summed E-state index contributed by atoms with van der Waals surface area (Å²) in [5.41, 5.74) is 4.08. The topological polar surface area (TPSA) is 32.3 Å². The van der Waals surface area contributed by atoms with Crippen LogP contribution in [0.15, 0.2) is 48.5 Å². The van der Waals surface area contributed by atoms with Gasteiger partial charge in [0.05, 0.1) is 6.54 Å². The Morgan fingerprint density at radius 1 is 1.06 bits per heavy atom. The average Bonchev–Trinajstić information content (AvgIpc) is 2.30. The van der Waals surface area contributed by atoms with E-state index in [9.17, 15) is 9.59 Å². The van der Waals surface area contributed by atoms with Crippen LogP contribution in [0.3, 0.4) is 0 Å². The third-order valence-corrected chi connectivity index (χ3v) is 2.41. The summed E-state index contributed by atoms with van der Waals surface area (Å²) in [6.07, 6.45) is 0. The van der Waals surface area contributed by atoms with Gasteiger partial charge in [-0.05, 0) is 23.3 Å². The fourth-order valence-corrected chi connectivity index (χ4v) is 1.64. The normalized spacial score (nSPS) is 10.3. The summed E-state index contributed by atoms with van der Waals surface area (Å²) in [5, 5.41) is 9.70. The second kappa shape index (κ2) is 4.77. The maximum atomic E-state index is 12.0. The van der Waals surface area contributed by atoms with E-state index in [4.69, 9.17) is 0 Å². The van der Waals surface area contributed by atoms with E-state index in [0.29, 0.717) is 0 Å². The number of para-hydroxylation sites is 1. The van der Waals surface area contributed by atoms with Gasteiger partial charge in [0, 0.05) is 5.56 Å². The van der Waals surface area contributed by atoms with E-state index in [0.717, 1.165) is 16.7 Å². The minimum Gasteiger partial charge on any atom is -0.507 e. The smallest absolute Gasteiger partial charge is 0.123 e. The van der Waals surface area contributed by atoms with E-state index in [1.165, 1.54) is 0 Å². The molecule has 2 N–H and O–H groups in total. The van der Waals surface area contributed by atoms with Crippen molar-refractivity contribution in [2.45, 2.75) is 6.54 Å². The summed E-state index contributed by atoms with van der Waals surface area (Å²) in [7, 11) is 0. The molecular weight excluding hydrogens is 205 g/mol. The molecule has 0 fully saturated rings. The van der Waals surface area contributed by atoms with Crippen LogP contribution in [0.1, 0.15) is 5.56 Å². The summed E-state index contributed by atoms with van der Waals surface area (Å²) in [5.74, 6) is 0.229. The molecule has 0 aliphatic heterocycles. The fourth-order valence-electron chi connectivity index (χ4n) is 1.64. The molecule has 0 aliphatic carbocycles. The highest BCUT2D eigenvalue weighted by Gasteiger charge is 2.03. The number of hydrogen-bond acceptors (Lipinski definition) is 2. The maximum Gasteiger partial charge on any atom is 0.123 e. The van der Waals surface area contributed by atoms with Gasteiger partial charge in [0.15, 0.2) is 0 Å². The molecule has 0 atom stereocenters. The lowest BCUT2D eigenvalue weighted by Crippen LogP contribution is -1.99. The Morgan fingerprint density at radius 3 is 2.62 bits per heavy atom. The zero-order chi connectivity index (χ0) is 11.4. The van der Waals surface area contributed by atoms with Crippen molar-refractivity contribution in [3.05, 3.63) is 54.1 Å². The molecule has 2 nitrogen and oxygen atoms in total. The Balaban J connectivity index is 2.40. The van der Waals surface area contributed by atoms with Crippen molar-refractivity contribution in [3.63, 3.8) is 0 Å². The number of aromatic hydroxyl groups is 1. The van der Waals surface area contributed by atoms with Crippen LogP contribution < -0.4 is 5.54 Å². The molecule has 0 amide bonds. The monoisotopic (exact) mass is 217 g/mol. The summed E-state index contributed by atoms with van der Waals surface area (Å²) >= 11 is 0. The zero-order valence-electron chi connectivity index (χ0n) is 8.65. The minimum absolute atomic E-state index is 0.168. The lowest BCUT2D eigenvalue weighted by atomic mass is 10.0. The van der Waals surface area contributed by atoms with Gasteiger partial charge in [-0.25, -0.2) is 0 Å². The molecule has 0 spiro atoms. The number of halogens is 1. The summed E-state index contributed by atoms with van der Waals surface area (Å²) in [4.78, 5) is 0. The van der Waals surface area contributed by atoms with Gasteiger partial charge in [-0.3, -0.25) is 0 Å². The number of rotatable bonds is 3. The first-order valence-electron chi connectivity index (χ1n) is 5.02. The van der Waals surface area contributed by atoms with Crippen LogP contribution in [0.2, 0.25) is 0 Å². The Kier molecular flexibility index (Phi) is 3.17. The molecule has 0 radical (unpaired) electrons. The molecule has 16 heavy (non-hydrogen) atoms. The Labute approximate surface area is 93.3 Å². The third-order valence-electron chi connectivity index (χ3n) is 2.41. The number of phenolic OH excluding ortho intramolecular Hbond substituents is 1. The van der Waals surface area contributed by atoms with Crippen molar-refractivity contribution < 1.29 is 9.59 Å². The van der Waals surface area contributed by atoms with Crippen molar-refractivity contribution in [2.24, 2.45) is 0 Å². The fraction of sp³-hybridized carbons (Fsp3) is 0.0769. The van der Waals surface area contributed by atoms with Crippen molar-refractivity contribution in [1.29, 1.82) is 0 Å². The molecule has 0 heterocycles. The van der Waals surface area contributed by atoms with E-state index < -0.39 is 0 Å². The van der Waals surface area contributed by atoms with E-state index in [1.54, 1.807) is 17.7 Å². The molecule has 0 aliphatic rings. The molecule has 2 aromatic carbocycles. The predicted molar refractivity (Wildman–Crippen MR) is 61.5 cm³/mol. The molecule has 3 heteroatoms. The number of hydrogen-bond donors (Lipinski definition) is 2. The van der Waals surface area contributed by atoms with Gasteiger partial charge in [-0.1, -0.05) is 36.4 Å². The Morgan fingerprint density at radius 2 is 1.88 bits per heavy atom. The molecule has 0 aromatic heterocycles. The third kappa shape index (κ3) is 2.20. The van der Waals surface area contributed by atoms with Crippen molar-refractivity contribution >= 4 is 0 Å². The van der Waals surface area contributed by atoms with Crippen LogP contribution in [0.25, 0.3) is 11.1 Å². The largest absolute Gasteiger partial charge is 0.507 e. The predicted octanol–water partition coefficient (Wildman–Crippen LogP) is 3.03. The van der Waals surface area contributed by atoms with Crippen molar-refractivity contribution in [3.8, 4) is 16.9 Å². The molecule has 0 saturated heterocycles. The van der Waals surface area contributed by atoms with E-state index >= 15 is 0 Å². The lowest BCUT2D eigenvalue weighted by Gasteiger charge is -2.06. The zero-order valence-corrected chi connectivity index (χ0v) is 8.65. The molecule has 0 bridgehead atoms. The first-order chi connectivity index (χ1) is 7.81. The van der Waals surface area contributed by atoms with Crippen LogP contribution in [0, 0.1) is 0 Å². The van der Waals surface area contributed by atoms with Crippen LogP contribution >= 0.6 is 0 Å². The van der Waals surface area contributed by atoms with Gasteiger partial charge in [0.1, 0.15) is 5.75 Å². The summed E-state index contributed by atoms with van der Waals surface area (Å²) in [6.45, 7) is 0.168. The molecule has 2 aromatic rings. The quantitative estimate of drug-likeness (QED) is 0.774. The van der Waals surface area contributed by atoms with Crippen LogP contribution in [0.4, 0.5) is 4.48 Å². The van der Waals surface area contributed by atoms with E-state index in [1.807, 2.05) is 36.4 Å². The van der Waals surface area contributed by atoms with Gasteiger partial charge < -0.3 is 5.11 Å². The first kappa shape index (κ1) is 10.6. The van der Waals surface area contributed by atoms with Crippen LogP contribution in [0.5, 0.6) is 5.75 Å². The molecule has 0 saturated carbocycles. The highest BCUT2D eigenvalue weighted by Crippen LogP contribution is 2.28. The second-order valence-corrected chi connectivity index (χ2v) is 3.53. The van der Waals surface area contributed by atoms with Gasteiger partial charge in [0.2, 0.25) is 0 Å². The SMILES string of the molecule is Oc1ccccc1-c1cccc(CNF)c1. The molecular formula is C13H12FNO. The van der Waals surface area contributed by atoms with Crippen LogP contribution in [-0.4, -0.2) is 5.11 Å². The summed E-state index contributed by atoms with van der Waals surface area (Å²) < 4.78 is 12.0. The number of phenols is 1. The lowest BCUT2D eigenvalue weighted by molar-refractivity contribution is 0.330.